The van der Waals surface area contributed by atoms with Gasteiger partial charge in [0.05, 0.1) is 5.02 Å². The first-order valence-corrected chi connectivity index (χ1v) is 10.7. The van der Waals surface area contributed by atoms with E-state index >= 15 is 0 Å². The predicted octanol–water partition coefficient (Wildman–Crippen LogP) is 4.78. The third-order valence-electron chi connectivity index (χ3n) is 5.37. The number of aliphatic hydroxyl groups is 1. The lowest BCUT2D eigenvalue weighted by Gasteiger charge is -2.20. The van der Waals surface area contributed by atoms with E-state index in [4.69, 9.17) is 21.1 Å². The Hall–Kier alpha value is -2.53. The number of para-hydroxylation sites is 2. The minimum absolute atomic E-state index is 0.194. The van der Waals surface area contributed by atoms with Gasteiger partial charge in [0.2, 0.25) is 0 Å². The topological polar surface area (TPSA) is 50.7 Å². The van der Waals surface area contributed by atoms with Crippen LogP contribution < -0.4 is 14.8 Å². The molecule has 4 rings (SSSR count). The summed E-state index contributed by atoms with van der Waals surface area (Å²) in [6.07, 6.45) is 0.300. The number of rotatable bonds is 8. The van der Waals surface area contributed by atoms with Gasteiger partial charge >= 0.3 is 0 Å². The fourth-order valence-corrected chi connectivity index (χ4v) is 4.05. The SMILES string of the molecule is OC(CNCCC1c2ccccc2COc2ccccc21)COc1ccccc1Cl. The summed E-state index contributed by atoms with van der Waals surface area (Å²) in [5.74, 6) is 1.79. The van der Waals surface area contributed by atoms with Gasteiger partial charge in [-0.05, 0) is 42.3 Å². The normalized spacial score (nSPS) is 16.0. The fraction of sp³-hybridized carbons (Fsp3) is 0.280. The van der Waals surface area contributed by atoms with Gasteiger partial charge in [0.15, 0.2) is 0 Å². The van der Waals surface area contributed by atoms with Crippen LogP contribution in [-0.2, 0) is 6.61 Å². The maximum absolute atomic E-state index is 10.2. The van der Waals surface area contributed by atoms with Gasteiger partial charge in [-0.2, -0.15) is 0 Å². The van der Waals surface area contributed by atoms with E-state index in [9.17, 15) is 5.11 Å². The molecule has 3 aromatic rings. The molecule has 2 atom stereocenters. The van der Waals surface area contributed by atoms with E-state index in [1.807, 2.05) is 24.3 Å². The van der Waals surface area contributed by atoms with Crippen molar-refractivity contribution in [2.24, 2.45) is 0 Å². The Morgan fingerprint density at radius 2 is 1.73 bits per heavy atom. The summed E-state index contributed by atoms with van der Waals surface area (Å²) in [6, 6.07) is 24.0. The lowest BCUT2D eigenvalue weighted by Crippen LogP contribution is -2.32. The van der Waals surface area contributed by atoms with Gasteiger partial charge in [0.25, 0.3) is 0 Å². The van der Waals surface area contributed by atoms with Crippen LogP contribution in [0.3, 0.4) is 0 Å². The second kappa shape index (κ2) is 9.98. The number of nitrogens with one attached hydrogen (secondary N) is 1. The van der Waals surface area contributed by atoms with Crippen molar-refractivity contribution >= 4 is 11.6 Å². The average molecular weight is 424 g/mol. The molecule has 4 nitrogen and oxygen atoms in total. The quantitative estimate of drug-likeness (QED) is 0.512. The minimum atomic E-state index is -0.613. The van der Waals surface area contributed by atoms with Crippen LogP contribution in [0.2, 0.25) is 5.02 Å². The van der Waals surface area contributed by atoms with Crippen LogP contribution in [0.15, 0.2) is 72.8 Å². The van der Waals surface area contributed by atoms with Crippen LogP contribution in [0.4, 0.5) is 0 Å². The minimum Gasteiger partial charge on any atom is -0.489 e. The van der Waals surface area contributed by atoms with Crippen molar-refractivity contribution in [1.29, 1.82) is 0 Å². The standard InChI is InChI=1S/C25H26ClNO3/c26-23-10-4-6-12-25(23)30-17-19(28)15-27-14-13-21-20-8-2-1-7-18(20)16-29-24-11-5-3-9-22(21)24/h1-12,19,21,27-28H,13-17H2. The smallest absolute Gasteiger partial charge is 0.138 e. The molecular weight excluding hydrogens is 398 g/mol. The third-order valence-corrected chi connectivity index (χ3v) is 5.68. The van der Waals surface area contributed by atoms with Gasteiger partial charge in [-0.1, -0.05) is 66.2 Å². The van der Waals surface area contributed by atoms with Gasteiger partial charge in [0, 0.05) is 18.0 Å². The highest BCUT2D eigenvalue weighted by molar-refractivity contribution is 6.32. The maximum atomic E-state index is 10.2. The van der Waals surface area contributed by atoms with Gasteiger partial charge in [-0.15, -0.1) is 0 Å². The summed E-state index contributed by atoms with van der Waals surface area (Å²) in [4.78, 5) is 0. The highest BCUT2D eigenvalue weighted by Gasteiger charge is 2.23. The van der Waals surface area contributed by atoms with E-state index in [0.29, 0.717) is 23.9 Å². The Kier molecular flexibility index (Phi) is 6.90. The van der Waals surface area contributed by atoms with Gasteiger partial charge in [-0.25, -0.2) is 0 Å². The van der Waals surface area contributed by atoms with Crippen molar-refractivity contribution in [2.45, 2.75) is 25.0 Å². The molecule has 2 N–H and O–H groups in total. The molecule has 3 aromatic carbocycles. The Balaban J connectivity index is 1.33. The monoisotopic (exact) mass is 423 g/mol. The first-order valence-electron chi connectivity index (χ1n) is 10.3. The first-order chi connectivity index (χ1) is 14.7. The molecular formula is C25H26ClNO3. The van der Waals surface area contributed by atoms with Crippen molar-refractivity contribution in [3.8, 4) is 11.5 Å². The summed E-state index contributed by atoms with van der Waals surface area (Å²) < 4.78 is 11.7. The molecule has 156 valence electrons. The average Bonchev–Trinajstić information content (AvgIpc) is 2.93. The molecule has 0 fully saturated rings. The van der Waals surface area contributed by atoms with E-state index in [0.717, 1.165) is 18.7 Å². The summed E-state index contributed by atoms with van der Waals surface area (Å²) in [5, 5.41) is 14.2. The molecule has 0 amide bonds. The fourth-order valence-electron chi connectivity index (χ4n) is 3.86. The highest BCUT2D eigenvalue weighted by Crippen LogP contribution is 2.38. The lowest BCUT2D eigenvalue weighted by atomic mass is 9.86. The van der Waals surface area contributed by atoms with E-state index < -0.39 is 6.10 Å². The Bertz CT molecular complexity index is 930. The van der Waals surface area contributed by atoms with Gasteiger partial charge in [0.1, 0.15) is 30.8 Å². The van der Waals surface area contributed by atoms with E-state index in [2.05, 4.69) is 41.7 Å². The van der Waals surface area contributed by atoms with E-state index in [-0.39, 0.29) is 12.5 Å². The van der Waals surface area contributed by atoms with E-state index in [1.165, 1.54) is 16.7 Å². The molecule has 1 aliphatic heterocycles. The summed E-state index contributed by atoms with van der Waals surface area (Å²) in [6.45, 7) is 2.02. The molecule has 0 aromatic heterocycles. The molecule has 0 aliphatic carbocycles. The number of hydrogen-bond donors (Lipinski definition) is 2. The molecule has 0 radical (unpaired) electrons. The third kappa shape index (κ3) is 4.96. The van der Waals surface area contributed by atoms with E-state index in [1.54, 1.807) is 12.1 Å². The molecule has 0 spiro atoms. The summed E-state index contributed by atoms with van der Waals surface area (Å²) in [5.41, 5.74) is 3.76. The molecule has 30 heavy (non-hydrogen) atoms. The molecule has 5 heteroatoms. The van der Waals surface area contributed by atoms with Crippen LogP contribution in [-0.4, -0.2) is 30.9 Å². The van der Waals surface area contributed by atoms with Crippen LogP contribution >= 0.6 is 11.6 Å². The number of hydrogen-bond acceptors (Lipinski definition) is 4. The molecule has 0 bridgehead atoms. The molecule has 0 saturated heterocycles. The van der Waals surface area contributed by atoms with Crippen molar-refractivity contribution in [2.75, 3.05) is 19.7 Å². The molecule has 2 unspecified atom stereocenters. The summed E-state index contributed by atoms with van der Waals surface area (Å²) >= 11 is 6.08. The summed E-state index contributed by atoms with van der Waals surface area (Å²) in [7, 11) is 0. The largest absolute Gasteiger partial charge is 0.489 e. The molecule has 1 heterocycles. The number of halogens is 1. The van der Waals surface area contributed by atoms with Crippen molar-refractivity contribution in [3.05, 3.63) is 94.5 Å². The number of fused-ring (bicyclic) bond motifs is 2. The van der Waals surface area contributed by atoms with Crippen LogP contribution in [0, 0.1) is 0 Å². The van der Waals surface area contributed by atoms with Crippen molar-refractivity contribution in [1.82, 2.24) is 5.32 Å². The number of aliphatic hydroxyl groups excluding tert-OH is 1. The Morgan fingerprint density at radius 3 is 2.60 bits per heavy atom. The number of ether oxygens (including phenoxy) is 2. The van der Waals surface area contributed by atoms with Crippen LogP contribution in [0.25, 0.3) is 0 Å². The predicted molar refractivity (Wildman–Crippen MR) is 119 cm³/mol. The first kappa shape index (κ1) is 20.7. The second-order valence-corrected chi connectivity index (χ2v) is 7.87. The maximum Gasteiger partial charge on any atom is 0.138 e. The second-order valence-electron chi connectivity index (χ2n) is 7.47. The Morgan fingerprint density at radius 1 is 1.00 bits per heavy atom. The highest BCUT2D eigenvalue weighted by atomic mass is 35.5. The van der Waals surface area contributed by atoms with Gasteiger partial charge in [-0.3, -0.25) is 0 Å². The van der Waals surface area contributed by atoms with Crippen molar-refractivity contribution < 1.29 is 14.6 Å². The lowest BCUT2D eigenvalue weighted by molar-refractivity contribution is 0.106. The molecule has 1 aliphatic rings. The molecule has 0 saturated carbocycles. The van der Waals surface area contributed by atoms with Crippen LogP contribution in [0.5, 0.6) is 11.5 Å². The zero-order valence-corrected chi connectivity index (χ0v) is 17.5. The van der Waals surface area contributed by atoms with Gasteiger partial charge < -0.3 is 19.9 Å². The zero-order valence-electron chi connectivity index (χ0n) is 16.8. The van der Waals surface area contributed by atoms with Crippen molar-refractivity contribution in [3.63, 3.8) is 0 Å². The zero-order chi connectivity index (χ0) is 20.8. The Labute approximate surface area is 182 Å². The number of benzene rings is 3. The van der Waals surface area contributed by atoms with Crippen LogP contribution in [0.1, 0.15) is 29.0 Å².